The SMILES string of the molecule is CN1/C(=C/C=C/C2=[N+](Cc3ccc(C[N+]4=C(/C=C/C=C5/N(C)c6c(ccc7ccccc67)C5(Cc5ccccc5)Cc5ccccc5)C(C)(C)c5c4ccc4ccccc54)cc3)c3ccc4ccccc4c3C2(C)C)C(Cc2ccccc2)(Cc2ccccc2)c2ccccc21.[O-][Cl+3]([O-])([O-])[O-].[O-][Cl+3]([O-])([O-])[O-]. The third kappa shape index (κ3) is 14.6. The molecule has 0 fully saturated rings. The Hall–Kier alpha value is -10.4. The second kappa shape index (κ2) is 29.5. The van der Waals surface area contributed by atoms with Crippen molar-refractivity contribution in [3.05, 3.63) is 383 Å². The van der Waals surface area contributed by atoms with Gasteiger partial charge in [-0.3, -0.25) is 0 Å². The van der Waals surface area contributed by atoms with Crippen LogP contribution in [0.25, 0.3) is 32.3 Å². The van der Waals surface area contributed by atoms with E-state index in [1.807, 2.05) is 0 Å². The number of hydrogen-bond acceptors (Lipinski definition) is 10. The summed E-state index contributed by atoms with van der Waals surface area (Å²) in [6.07, 6.45) is 18.0. The number of halogens is 2. The van der Waals surface area contributed by atoms with Crippen molar-refractivity contribution in [2.45, 2.75) is 88.1 Å². The molecule has 0 N–H and O–H groups in total. The fourth-order valence-electron chi connectivity index (χ4n) is 17.5. The predicted molar refractivity (Wildman–Crippen MR) is 403 cm³/mol. The molecule has 12 aromatic rings. The van der Waals surface area contributed by atoms with Crippen molar-refractivity contribution in [2.24, 2.45) is 0 Å². The second-order valence-corrected chi connectivity index (χ2v) is 30.6. The zero-order valence-electron chi connectivity index (χ0n) is 60.1. The largest absolute Gasteiger partial charge is 0.347 e. The summed E-state index contributed by atoms with van der Waals surface area (Å²) in [4.78, 5) is 4.97. The lowest BCUT2D eigenvalue weighted by Gasteiger charge is -2.33. The Kier molecular flexibility index (Phi) is 20.2. The van der Waals surface area contributed by atoms with Gasteiger partial charge in [0.1, 0.15) is 0 Å². The Morgan fingerprint density at radius 1 is 0.330 bits per heavy atom. The van der Waals surface area contributed by atoms with Crippen LogP contribution in [0.1, 0.15) is 83.3 Å². The van der Waals surface area contributed by atoms with Crippen molar-refractivity contribution in [3.8, 4) is 0 Å². The molecule has 4 aliphatic rings. The van der Waals surface area contributed by atoms with Gasteiger partial charge in [0, 0.05) is 93.9 Å². The molecule has 0 amide bonds. The van der Waals surface area contributed by atoms with E-state index in [2.05, 4.69) is 376 Å². The van der Waals surface area contributed by atoms with Crippen LogP contribution in [-0.4, -0.2) is 34.7 Å². The van der Waals surface area contributed by atoms with E-state index in [1.54, 1.807) is 0 Å². The minimum Gasteiger partial charge on any atom is -0.347 e. The van der Waals surface area contributed by atoms with Crippen molar-refractivity contribution in [1.29, 1.82) is 0 Å². The lowest BCUT2D eigenvalue weighted by molar-refractivity contribution is -2.00. The van der Waals surface area contributed by atoms with E-state index in [1.165, 1.54) is 134 Å². The Labute approximate surface area is 624 Å². The Morgan fingerprint density at radius 3 is 1.06 bits per heavy atom. The summed E-state index contributed by atoms with van der Waals surface area (Å²) in [5.41, 5.74) is 22.4. The number of fused-ring (bicyclic) bond motifs is 10. The molecule has 16 rings (SSSR count). The van der Waals surface area contributed by atoms with E-state index in [0.717, 1.165) is 38.8 Å². The fraction of sp³-hybridized carbons (Fsp3) is 0.174. The summed E-state index contributed by atoms with van der Waals surface area (Å²) in [7, 11) is -5.33. The van der Waals surface area contributed by atoms with Crippen LogP contribution in [0.15, 0.2) is 327 Å². The number of benzene rings is 12. The number of para-hydroxylation sites is 1. The maximum atomic E-state index is 8.49. The lowest BCUT2D eigenvalue weighted by atomic mass is 9.70. The molecule has 0 radical (unpaired) electrons. The van der Waals surface area contributed by atoms with Gasteiger partial charge in [0.15, 0.2) is 24.5 Å². The molecule has 106 heavy (non-hydrogen) atoms. The molecule has 14 heteroatoms. The molecule has 532 valence electrons. The molecular weight excluding hydrogens is 1360 g/mol. The number of rotatable bonds is 16. The van der Waals surface area contributed by atoms with Gasteiger partial charge >= 0.3 is 0 Å². The molecule has 0 aliphatic carbocycles. The van der Waals surface area contributed by atoms with E-state index in [4.69, 9.17) is 37.3 Å². The molecule has 0 saturated carbocycles. The molecule has 4 aliphatic heterocycles. The van der Waals surface area contributed by atoms with E-state index >= 15 is 0 Å². The maximum Gasteiger partial charge on any atom is 0.210 e. The smallest absolute Gasteiger partial charge is 0.210 e. The van der Waals surface area contributed by atoms with Crippen molar-refractivity contribution >= 4 is 66.5 Å². The van der Waals surface area contributed by atoms with Gasteiger partial charge in [0.05, 0.1) is 16.5 Å². The average molecular weight is 1440 g/mol. The highest BCUT2D eigenvalue weighted by Crippen LogP contribution is 2.55. The van der Waals surface area contributed by atoms with Crippen LogP contribution in [-0.2, 0) is 60.4 Å². The van der Waals surface area contributed by atoms with E-state index in [0.29, 0.717) is 0 Å². The Balaban J connectivity index is 0.000000887. The minimum atomic E-state index is -4.94. The third-order valence-corrected chi connectivity index (χ3v) is 21.9. The predicted octanol–water partition coefficient (Wildman–Crippen LogP) is 11.4. The maximum absolute atomic E-state index is 8.49. The Bertz CT molecular complexity index is 5340. The molecular formula is C92H82Cl2N4O8. The molecule has 0 bridgehead atoms. The first-order chi connectivity index (χ1) is 50.9. The van der Waals surface area contributed by atoms with Crippen LogP contribution < -0.4 is 47.1 Å². The first-order valence-corrected chi connectivity index (χ1v) is 38.0. The number of anilines is 2. The average Bonchev–Trinajstić information content (AvgIpc) is 1.60. The number of hydrogen-bond donors (Lipinski definition) is 0. The second-order valence-electron chi connectivity index (χ2n) is 29.1. The van der Waals surface area contributed by atoms with Crippen LogP contribution in [0.3, 0.4) is 0 Å². The highest BCUT2D eigenvalue weighted by atomic mass is 35.7. The number of allylic oxidation sites excluding steroid dienone is 8. The summed E-state index contributed by atoms with van der Waals surface area (Å²) in [5.74, 6) is 0. The first kappa shape index (κ1) is 72.5. The van der Waals surface area contributed by atoms with Gasteiger partial charge in [-0.25, -0.2) is 37.3 Å². The summed E-state index contributed by atoms with van der Waals surface area (Å²) in [6, 6.07) is 104. The molecule has 4 heterocycles. The van der Waals surface area contributed by atoms with Crippen molar-refractivity contribution < 1.29 is 66.9 Å². The van der Waals surface area contributed by atoms with Crippen LogP contribution in [0, 0.1) is 20.5 Å². The highest BCUT2D eigenvalue weighted by Gasteiger charge is 2.50. The molecule has 12 aromatic carbocycles. The molecule has 0 saturated heterocycles. The zero-order valence-corrected chi connectivity index (χ0v) is 61.6. The summed E-state index contributed by atoms with van der Waals surface area (Å²) < 4.78 is 73.2. The van der Waals surface area contributed by atoms with Gasteiger partial charge in [-0.2, -0.15) is 9.15 Å². The van der Waals surface area contributed by atoms with Crippen LogP contribution in [0.2, 0.25) is 0 Å². The van der Waals surface area contributed by atoms with E-state index in [9.17, 15) is 0 Å². The fourth-order valence-corrected chi connectivity index (χ4v) is 17.5. The first-order valence-electron chi connectivity index (χ1n) is 35.6. The normalized spacial score (nSPS) is 16.8. The molecule has 0 unspecified atom stereocenters. The lowest BCUT2D eigenvalue weighted by Crippen LogP contribution is -2.68. The standard InChI is InChI=1S/C92H82N4.2ClHO4/c1-89(2)82(45-27-47-84-91(59-65-29-11-7-12-30-65,60-66-31-13-8-14-32-66)77-43-25-26-44-79(77)93(84)5)95(80-57-54-71-37-19-22-40-74(71)86(80)89)63-69-49-51-70(52-50-69)64-96-81-58-55-72-38-20-23-41-75(72)87(81)90(3,4)83(96)46-28-48-85-92(61-67-33-15-9-16-34-67,62-68-35-17-10-18-36-68)78-56-53-73-39-21-24-42-76(73)88(78)94(85)6;2*2-1(3,4)5/h7-58H,59-64H2,1-6H3;2*(H,2,3,4,5)/q+2;;/p-2. The summed E-state index contributed by atoms with van der Waals surface area (Å²) in [6.45, 7) is 11.2. The van der Waals surface area contributed by atoms with Crippen LogP contribution in [0.5, 0.6) is 0 Å². The quantitative estimate of drug-likeness (QED) is 0.0839. The molecule has 12 nitrogen and oxygen atoms in total. The Morgan fingerprint density at radius 2 is 0.651 bits per heavy atom. The topological polar surface area (TPSA) is 197 Å². The number of likely N-dealkylation sites (N-methyl/N-ethyl adjacent to an activating group) is 2. The molecule has 0 aromatic heterocycles. The zero-order chi connectivity index (χ0) is 74.2. The van der Waals surface area contributed by atoms with Crippen LogP contribution in [0.4, 0.5) is 22.7 Å². The van der Waals surface area contributed by atoms with Crippen molar-refractivity contribution in [1.82, 2.24) is 0 Å². The molecule has 0 atom stereocenters. The van der Waals surface area contributed by atoms with Crippen molar-refractivity contribution in [2.75, 3.05) is 23.9 Å². The summed E-state index contributed by atoms with van der Waals surface area (Å²) >= 11 is 0. The monoisotopic (exact) mass is 1440 g/mol. The van der Waals surface area contributed by atoms with Gasteiger partial charge < -0.3 is 9.80 Å². The third-order valence-electron chi connectivity index (χ3n) is 21.9. The van der Waals surface area contributed by atoms with Gasteiger partial charge in [0.25, 0.3) is 0 Å². The van der Waals surface area contributed by atoms with Crippen molar-refractivity contribution in [3.63, 3.8) is 0 Å². The van der Waals surface area contributed by atoms with E-state index < -0.39 is 20.5 Å². The minimum absolute atomic E-state index is 0.296. The van der Waals surface area contributed by atoms with E-state index in [-0.39, 0.29) is 21.7 Å². The number of nitrogens with zero attached hydrogens (tertiary/aromatic N) is 4. The van der Waals surface area contributed by atoms with Gasteiger partial charge in [-0.05, 0) is 144 Å². The van der Waals surface area contributed by atoms with Crippen LogP contribution >= 0.6 is 0 Å². The van der Waals surface area contributed by atoms with Gasteiger partial charge in [-0.15, -0.1) is 20.5 Å². The summed E-state index contributed by atoms with van der Waals surface area (Å²) in [5, 5.41) is 7.70. The van der Waals surface area contributed by atoms with Gasteiger partial charge in [0.2, 0.25) is 11.4 Å². The molecule has 0 spiro atoms. The van der Waals surface area contributed by atoms with Gasteiger partial charge in [-0.1, -0.05) is 261 Å². The highest BCUT2D eigenvalue weighted by molar-refractivity contribution is 6.09.